The van der Waals surface area contributed by atoms with Crippen LogP contribution in [-0.2, 0) is 4.79 Å². The third-order valence-corrected chi connectivity index (χ3v) is 3.51. The van der Waals surface area contributed by atoms with Gasteiger partial charge in [0.25, 0.3) is 5.91 Å². The summed E-state index contributed by atoms with van der Waals surface area (Å²) in [5.74, 6) is -0.255. The minimum absolute atomic E-state index is 0.293. The quantitative estimate of drug-likeness (QED) is 0.344. The molecule has 3 rings (SSSR count). The monoisotopic (exact) mass is 332 g/mol. The predicted octanol–water partition coefficient (Wildman–Crippen LogP) is 3.53. The largest absolute Gasteiger partial charge is 0.427 e. The van der Waals surface area contributed by atoms with Gasteiger partial charge in [0.05, 0.1) is 6.21 Å². The average molecular weight is 332 g/mol. The Morgan fingerprint density at radius 1 is 0.960 bits per heavy atom. The summed E-state index contributed by atoms with van der Waals surface area (Å²) in [6.45, 7) is 1.34. The minimum Gasteiger partial charge on any atom is -0.427 e. The van der Waals surface area contributed by atoms with Crippen molar-refractivity contribution in [2.75, 3.05) is 0 Å². The van der Waals surface area contributed by atoms with Crippen molar-refractivity contribution in [3.63, 3.8) is 0 Å². The number of rotatable bonds is 4. The van der Waals surface area contributed by atoms with Gasteiger partial charge in [-0.3, -0.25) is 9.59 Å². The number of carbonyl (C=O) groups excluding carboxylic acids is 2. The standard InChI is InChI=1S/C20H16N2O3/c1-14(23)25-19-8-4-5-15(11-19)13-21-22-20(24)18-10-9-16-6-2-3-7-17(16)12-18/h2-13H,1H3,(H,22,24)/b21-13-. The lowest BCUT2D eigenvalue weighted by Crippen LogP contribution is -2.17. The molecule has 0 aliphatic rings. The molecule has 0 aliphatic carbocycles. The molecule has 0 heterocycles. The van der Waals surface area contributed by atoms with Crippen molar-refractivity contribution >= 4 is 28.9 Å². The highest BCUT2D eigenvalue weighted by molar-refractivity contribution is 5.99. The van der Waals surface area contributed by atoms with Gasteiger partial charge < -0.3 is 4.74 Å². The van der Waals surface area contributed by atoms with Crippen LogP contribution in [0.1, 0.15) is 22.8 Å². The van der Waals surface area contributed by atoms with Crippen molar-refractivity contribution in [3.05, 3.63) is 77.9 Å². The lowest BCUT2D eigenvalue weighted by molar-refractivity contribution is -0.131. The Morgan fingerprint density at radius 3 is 2.56 bits per heavy atom. The first-order valence-corrected chi connectivity index (χ1v) is 7.72. The number of ether oxygens (including phenoxy) is 1. The molecule has 0 unspecified atom stereocenters. The Hall–Kier alpha value is -3.47. The molecule has 0 fully saturated rings. The third-order valence-electron chi connectivity index (χ3n) is 3.51. The normalized spacial score (nSPS) is 10.8. The molecule has 0 spiro atoms. The number of nitrogens with one attached hydrogen (secondary N) is 1. The molecule has 3 aromatic carbocycles. The number of carbonyl (C=O) groups is 2. The Labute approximate surface area is 144 Å². The zero-order valence-corrected chi connectivity index (χ0v) is 13.6. The van der Waals surface area contributed by atoms with E-state index in [1.54, 1.807) is 30.3 Å². The summed E-state index contributed by atoms with van der Waals surface area (Å²) in [7, 11) is 0. The molecule has 0 atom stereocenters. The van der Waals surface area contributed by atoms with Crippen LogP contribution in [0.4, 0.5) is 0 Å². The third kappa shape index (κ3) is 4.29. The van der Waals surface area contributed by atoms with Gasteiger partial charge in [0.15, 0.2) is 0 Å². The molecular formula is C20H16N2O3. The van der Waals surface area contributed by atoms with Crippen LogP contribution in [0.2, 0.25) is 0 Å². The minimum atomic E-state index is -0.390. The van der Waals surface area contributed by atoms with Gasteiger partial charge in [0, 0.05) is 12.5 Å². The maximum Gasteiger partial charge on any atom is 0.308 e. The average Bonchev–Trinajstić information content (AvgIpc) is 2.61. The first kappa shape index (κ1) is 16.4. The maximum atomic E-state index is 12.2. The molecule has 0 bridgehead atoms. The van der Waals surface area contributed by atoms with E-state index in [0.29, 0.717) is 16.9 Å². The fraction of sp³-hybridized carbons (Fsp3) is 0.0500. The zero-order chi connectivity index (χ0) is 17.6. The van der Waals surface area contributed by atoms with Gasteiger partial charge in [-0.1, -0.05) is 42.5 Å². The van der Waals surface area contributed by atoms with E-state index in [2.05, 4.69) is 10.5 Å². The highest BCUT2D eigenvalue weighted by Gasteiger charge is 2.05. The summed E-state index contributed by atoms with van der Waals surface area (Å²) in [5, 5.41) is 6.02. The van der Waals surface area contributed by atoms with Gasteiger partial charge in [-0.25, -0.2) is 5.43 Å². The molecule has 1 N–H and O–H groups in total. The smallest absolute Gasteiger partial charge is 0.308 e. The molecule has 5 heteroatoms. The van der Waals surface area contributed by atoms with Crippen molar-refractivity contribution in [1.29, 1.82) is 0 Å². The van der Waals surface area contributed by atoms with E-state index < -0.39 is 5.97 Å². The highest BCUT2D eigenvalue weighted by atomic mass is 16.5. The van der Waals surface area contributed by atoms with E-state index in [0.717, 1.165) is 10.8 Å². The summed E-state index contributed by atoms with van der Waals surface area (Å²) in [6, 6.07) is 20.2. The summed E-state index contributed by atoms with van der Waals surface area (Å²) in [5.41, 5.74) is 3.73. The molecule has 3 aromatic rings. The second-order valence-electron chi connectivity index (χ2n) is 5.43. The molecule has 5 nitrogen and oxygen atoms in total. The van der Waals surface area contributed by atoms with Gasteiger partial charge in [-0.15, -0.1) is 0 Å². The van der Waals surface area contributed by atoms with E-state index in [1.807, 2.05) is 36.4 Å². The molecule has 0 aliphatic heterocycles. The van der Waals surface area contributed by atoms with Crippen molar-refractivity contribution in [3.8, 4) is 5.75 Å². The van der Waals surface area contributed by atoms with E-state index in [1.165, 1.54) is 13.1 Å². The lowest BCUT2D eigenvalue weighted by Gasteiger charge is -2.03. The van der Waals surface area contributed by atoms with Crippen molar-refractivity contribution in [2.24, 2.45) is 5.10 Å². The maximum absolute atomic E-state index is 12.2. The number of hydrogen-bond donors (Lipinski definition) is 1. The first-order valence-electron chi connectivity index (χ1n) is 7.72. The van der Waals surface area contributed by atoms with Crippen LogP contribution in [-0.4, -0.2) is 18.1 Å². The topological polar surface area (TPSA) is 67.8 Å². The molecule has 1 amide bonds. The Balaban J connectivity index is 1.68. The highest BCUT2D eigenvalue weighted by Crippen LogP contribution is 2.15. The van der Waals surface area contributed by atoms with Crippen LogP contribution >= 0.6 is 0 Å². The Bertz CT molecular complexity index is 964. The molecular weight excluding hydrogens is 316 g/mol. The van der Waals surface area contributed by atoms with E-state index in [9.17, 15) is 9.59 Å². The van der Waals surface area contributed by atoms with E-state index in [4.69, 9.17) is 4.74 Å². The predicted molar refractivity (Wildman–Crippen MR) is 96.8 cm³/mol. The molecule has 0 saturated heterocycles. The van der Waals surface area contributed by atoms with Crippen LogP contribution < -0.4 is 10.2 Å². The fourth-order valence-electron chi connectivity index (χ4n) is 2.38. The van der Waals surface area contributed by atoms with Crippen molar-refractivity contribution < 1.29 is 14.3 Å². The molecule has 0 aromatic heterocycles. The Kier molecular flexibility index (Phi) is 4.85. The van der Waals surface area contributed by atoms with Gasteiger partial charge in [-0.2, -0.15) is 5.10 Å². The summed E-state index contributed by atoms with van der Waals surface area (Å²) < 4.78 is 5.00. The summed E-state index contributed by atoms with van der Waals surface area (Å²) in [6.07, 6.45) is 1.49. The second kappa shape index (κ2) is 7.40. The fourth-order valence-corrected chi connectivity index (χ4v) is 2.38. The van der Waals surface area contributed by atoms with Gasteiger partial charge in [-0.05, 0) is 40.6 Å². The van der Waals surface area contributed by atoms with E-state index in [-0.39, 0.29) is 5.91 Å². The first-order chi connectivity index (χ1) is 12.1. The van der Waals surface area contributed by atoms with Crippen LogP contribution in [0.5, 0.6) is 5.75 Å². The SMILES string of the molecule is CC(=O)Oc1cccc(/C=N\NC(=O)c2ccc3ccccc3c2)c1. The van der Waals surface area contributed by atoms with Crippen LogP contribution in [0.15, 0.2) is 71.8 Å². The molecule has 0 radical (unpaired) electrons. The van der Waals surface area contributed by atoms with Crippen LogP contribution in [0.25, 0.3) is 10.8 Å². The lowest BCUT2D eigenvalue weighted by atomic mass is 10.1. The Morgan fingerprint density at radius 2 is 1.76 bits per heavy atom. The van der Waals surface area contributed by atoms with Crippen LogP contribution in [0.3, 0.4) is 0 Å². The number of nitrogens with zero attached hydrogens (tertiary/aromatic N) is 1. The van der Waals surface area contributed by atoms with E-state index >= 15 is 0 Å². The van der Waals surface area contributed by atoms with Crippen molar-refractivity contribution in [2.45, 2.75) is 6.92 Å². The van der Waals surface area contributed by atoms with Gasteiger partial charge >= 0.3 is 5.97 Å². The van der Waals surface area contributed by atoms with Crippen molar-refractivity contribution in [1.82, 2.24) is 5.43 Å². The second-order valence-corrected chi connectivity index (χ2v) is 5.43. The number of fused-ring (bicyclic) bond motifs is 1. The number of hydrazone groups is 1. The van der Waals surface area contributed by atoms with Crippen LogP contribution in [0, 0.1) is 0 Å². The number of benzene rings is 3. The summed E-state index contributed by atoms with van der Waals surface area (Å²) in [4.78, 5) is 23.2. The van der Waals surface area contributed by atoms with Gasteiger partial charge in [0.1, 0.15) is 5.75 Å². The van der Waals surface area contributed by atoms with Gasteiger partial charge in [0.2, 0.25) is 0 Å². The number of amides is 1. The number of esters is 1. The molecule has 124 valence electrons. The summed E-state index contributed by atoms with van der Waals surface area (Å²) >= 11 is 0. The molecule has 25 heavy (non-hydrogen) atoms. The molecule has 0 saturated carbocycles. The zero-order valence-electron chi connectivity index (χ0n) is 13.6. The number of hydrogen-bond acceptors (Lipinski definition) is 4.